The quantitative estimate of drug-likeness (QED) is 0.869. The largest absolute Gasteiger partial charge is 0.459 e. The molecule has 1 amide bonds. The molecule has 1 N–H and O–H groups in total. The fraction of sp³-hybridized carbons (Fsp3) is 0.429. The van der Waals surface area contributed by atoms with Crippen LogP contribution in [0.15, 0.2) is 18.2 Å². The lowest BCUT2D eigenvalue weighted by atomic mass is 9.82. The first-order chi connectivity index (χ1) is 9.45. The van der Waals surface area contributed by atoms with Crippen molar-refractivity contribution in [2.45, 2.75) is 25.9 Å². The van der Waals surface area contributed by atoms with Crippen molar-refractivity contribution >= 4 is 35.1 Å². The lowest BCUT2D eigenvalue weighted by molar-refractivity contribution is -0.119. The molecule has 1 aromatic rings. The molecule has 1 saturated carbocycles. The molecule has 0 unspecified atom stereocenters. The number of carbonyl (C=O) groups excluding carboxylic acids is 2. The molecule has 1 fully saturated rings. The molecule has 0 spiro atoms. The summed E-state index contributed by atoms with van der Waals surface area (Å²) in [5.74, 6) is -0.0571. The highest BCUT2D eigenvalue weighted by Gasteiger charge is 2.32. The smallest absolute Gasteiger partial charge is 0.338 e. The second-order valence-corrected chi connectivity index (χ2v) is 5.75. The Kier molecular flexibility index (Phi) is 4.89. The van der Waals surface area contributed by atoms with Crippen LogP contribution in [0.1, 0.15) is 30.1 Å². The van der Waals surface area contributed by atoms with Crippen LogP contribution in [-0.4, -0.2) is 24.5 Å². The van der Waals surface area contributed by atoms with Gasteiger partial charge in [-0.05, 0) is 37.0 Å². The van der Waals surface area contributed by atoms with E-state index < -0.39 is 5.97 Å². The average Bonchev–Trinajstić information content (AvgIpc) is 2.34. The molecule has 1 aromatic carbocycles. The van der Waals surface area contributed by atoms with Crippen LogP contribution in [0.3, 0.4) is 0 Å². The number of hydrogen-bond donors (Lipinski definition) is 1. The molecule has 0 heterocycles. The van der Waals surface area contributed by atoms with Gasteiger partial charge in [-0.15, -0.1) is 0 Å². The number of benzene rings is 1. The summed E-state index contributed by atoms with van der Waals surface area (Å²) in [6.07, 6.45) is 1.46. The van der Waals surface area contributed by atoms with Crippen LogP contribution in [0.5, 0.6) is 0 Å². The fourth-order valence-corrected chi connectivity index (χ4v) is 2.37. The minimum Gasteiger partial charge on any atom is -0.459 e. The van der Waals surface area contributed by atoms with Crippen LogP contribution in [0, 0.1) is 5.92 Å². The molecule has 0 aliphatic heterocycles. The second kappa shape index (κ2) is 6.46. The standard InChI is InChI=1S/C14H15Cl2NO3/c1-8(18)17-7-9-4-11(5-9)20-14(19)10-2-3-12(15)13(16)6-10/h2-3,6,9,11H,4-5,7H2,1H3,(H,17,18). The van der Waals surface area contributed by atoms with E-state index in [2.05, 4.69) is 5.32 Å². The van der Waals surface area contributed by atoms with E-state index in [0.29, 0.717) is 28.1 Å². The van der Waals surface area contributed by atoms with E-state index in [0.717, 1.165) is 12.8 Å². The predicted octanol–water partition coefficient (Wildman–Crippen LogP) is 3.06. The Labute approximate surface area is 127 Å². The van der Waals surface area contributed by atoms with Crippen molar-refractivity contribution in [2.24, 2.45) is 5.92 Å². The van der Waals surface area contributed by atoms with Gasteiger partial charge in [-0.25, -0.2) is 4.79 Å². The zero-order valence-electron chi connectivity index (χ0n) is 11.0. The molecule has 2 rings (SSSR count). The monoisotopic (exact) mass is 315 g/mol. The Bertz CT molecular complexity index is 527. The molecule has 0 atom stereocenters. The number of nitrogens with one attached hydrogen (secondary N) is 1. The lowest BCUT2D eigenvalue weighted by Gasteiger charge is -2.34. The fourth-order valence-electron chi connectivity index (χ4n) is 2.07. The minimum atomic E-state index is -0.397. The van der Waals surface area contributed by atoms with Gasteiger partial charge in [0.1, 0.15) is 6.10 Å². The highest BCUT2D eigenvalue weighted by Crippen LogP contribution is 2.30. The third kappa shape index (κ3) is 3.87. The van der Waals surface area contributed by atoms with Gasteiger partial charge < -0.3 is 10.1 Å². The minimum absolute atomic E-state index is 0.0405. The number of rotatable bonds is 4. The second-order valence-electron chi connectivity index (χ2n) is 4.93. The van der Waals surface area contributed by atoms with Crippen LogP contribution in [0.25, 0.3) is 0 Å². The summed E-state index contributed by atoms with van der Waals surface area (Å²) >= 11 is 11.6. The Morgan fingerprint density at radius 3 is 2.60 bits per heavy atom. The van der Waals surface area contributed by atoms with Crippen molar-refractivity contribution < 1.29 is 14.3 Å². The summed E-state index contributed by atoms with van der Waals surface area (Å²) in [6, 6.07) is 4.66. The first kappa shape index (κ1) is 15.1. The normalized spacial score (nSPS) is 20.9. The first-order valence-electron chi connectivity index (χ1n) is 6.36. The summed E-state index contributed by atoms with van der Waals surface area (Å²) in [6.45, 7) is 2.12. The van der Waals surface area contributed by atoms with Crippen LogP contribution in [-0.2, 0) is 9.53 Å². The maximum Gasteiger partial charge on any atom is 0.338 e. The number of amides is 1. The van der Waals surface area contributed by atoms with Gasteiger partial charge in [-0.1, -0.05) is 23.2 Å². The number of ether oxygens (including phenoxy) is 1. The van der Waals surface area contributed by atoms with Crippen molar-refractivity contribution in [1.29, 1.82) is 0 Å². The lowest BCUT2D eigenvalue weighted by Crippen LogP contribution is -2.40. The number of hydrogen-bond acceptors (Lipinski definition) is 3. The SMILES string of the molecule is CC(=O)NCC1CC(OC(=O)c2ccc(Cl)c(Cl)c2)C1. The van der Waals surface area contributed by atoms with Crippen molar-refractivity contribution in [2.75, 3.05) is 6.54 Å². The molecule has 1 aliphatic carbocycles. The molecule has 0 saturated heterocycles. The topological polar surface area (TPSA) is 55.4 Å². The van der Waals surface area contributed by atoms with E-state index in [1.165, 1.54) is 13.0 Å². The van der Waals surface area contributed by atoms with Crippen LogP contribution in [0.2, 0.25) is 10.0 Å². The summed E-state index contributed by atoms with van der Waals surface area (Å²) < 4.78 is 5.35. The number of esters is 1. The summed E-state index contributed by atoms with van der Waals surface area (Å²) in [5.41, 5.74) is 0.393. The molecule has 20 heavy (non-hydrogen) atoms. The first-order valence-corrected chi connectivity index (χ1v) is 7.11. The molecule has 108 valence electrons. The molecule has 1 aliphatic rings. The third-order valence-electron chi connectivity index (χ3n) is 3.26. The van der Waals surface area contributed by atoms with Gasteiger partial charge in [-0.2, -0.15) is 0 Å². The summed E-state index contributed by atoms with van der Waals surface area (Å²) in [7, 11) is 0. The van der Waals surface area contributed by atoms with Crippen molar-refractivity contribution in [3.63, 3.8) is 0 Å². The van der Waals surface area contributed by atoms with Gasteiger partial charge in [0, 0.05) is 13.5 Å². The van der Waals surface area contributed by atoms with Crippen LogP contribution >= 0.6 is 23.2 Å². The molecule has 0 radical (unpaired) electrons. The van der Waals surface area contributed by atoms with Crippen molar-refractivity contribution in [3.8, 4) is 0 Å². The third-order valence-corrected chi connectivity index (χ3v) is 4.00. The molecule has 0 bridgehead atoms. The van der Waals surface area contributed by atoms with E-state index in [9.17, 15) is 9.59 Å². The Hall–Kier alpha value is -1.26. The van der Waals surface area contributed by atoms with Crippen LogP contribution < -0.4 is 5.32 Å². The highest BCUT2D eigenvalue weighted by molar-refractivity contribution is 6.42. The number of halogens is 2. The zero-order valence-corrected chi connectivity index (χ0v) is 12.5. The highest BCUT2D eigenvalue weighted by atomic mass is 35.5. The van der Waals surface area contributed by atoms with Gasteiger partial charge in [0.25, 0.3) is 0 Å². The molecule has 0 aromatic heterocycles. The van der Waals surface area contributed by atoms with E-state index in [4.69, 9.17) is 27.9 Å². The van der Waals surface area contributed by atoms with Gasteiger partial charge in [0.05, 0.1) is 15.6 Å². The Balaban J connectivity index is 1.79. The van der Waals surface area contributed by atoms with Crippen LogP contribution in [0.4, 0.5) is 0 Å². The Morgan fingerprint density at radius 1 is 1.30 bits per heavy atom. The van der Waals surface area contributed by atoms with Crippen molar-refractivity contribution in [1.82, 2.24) is 5.32 Å². The van der Waals surface area contributed by atoms with Gasteiger partial charge in [-0.3, -0.25) is 4.79 Å². The van der Waals surface area contributed by atoms with E-state index in [1.54, 1.807) is 12.1 Å². The van der Waals surface area contributed by atoms with E-state index in [-0.39, 0.29) is 12.0 Å². The Morgan fingerprint density at radius 2 is 2.00 bits per heavy atom. The van der Waals surface area contributed by atoms with Gasteiger partial charge in [0.15, 0.2) is 0 Å². The average molecular weight is 316 g/mol. The maximum absolute atomic E-state index is 11.9. The van der Waals surface area contributed by atoms with Crippen molar-refractivity contribution in [3.05, 3.63) is 33.8 Å². The number of carbonyl (C=O) groups is 2. The van der Waals surface area contributed by atoms with E-state index in [1.807, 2.05) is 0 Å². The van der Waals surface area contributed by atoms with Gasteiger partial charge >= 0.3 is 5.97 Å². The molecular weight excluding hydrogens is 301 g/mol. The summed E-state index contributed by atoms with van der Waals surface area (Å²) in [4.78, 5) is 22.7. The zero-order chi connectivity index (χ0) is 14.7. The van der Waals surface area contributed by atoms with E-state index >= 15 is 0 Å². The maximum atomic E-state index is 11.9. The molecular formula is C14H15Cl2NO3. The molecule has 4 nitrogen and oxygen atoms in total. The predicted molar refractivity (Wildman–Crippen MR) is 77.1 cm³/mol. The molecule has 6 heteroatoms. The summed E-state index contributed by atoms with van der Waals surface area (Å²) in [5, 5.41) is 3.49. The van der Waals surface area contributed by atoms with Gasteiger partial charge in [0.2, 0.25) is 5.91 Å².